The Kier molecular flexibility index (Phi) is 7.68. The summed E-state index contributed by atoms with van der Waals surface area (Å²) >= 11 is 2.24. The maximum atomic E-state index is 10.7. The van der Waals surface area contributed by atoms with Crippen LogP contribution in [0.3, 0.4) is 0 Å². The zero-order valence-corrected chi connectivity index (χ0v) is 14.2. The van der Waals surface area contributed by atoms with Gasteiger partial charge in [-0.15, -0.1) is 0 Å². The minimum absolute atomic E-state index is 0.0134. The van der Waals surface area contributed by atoms with E-state index in [1.54, 1.807) is 14.2 Å². The summed E-state index contributed by atoms with van der Waals surface area (Å²) in [5.41, 5.74) is 1.14. The first kappa shape index (κ1) is 17.0. The highest BCUT2D eigenvalue weighted by Gasteiger charge is 2.10. The van der Waals surface area contributed by atoms with E-state index in [1.807, 2.05) is 6.07 Å². The SMILES string of the molecule is COc1cc(CNCCCNC(C)=O)cc(I)c1OC. The third-order valence-corrected chi connectivity index (χ3v) is 3.53. The fourth-order valence-electron chi connectivity index (χ4n) is 1.78. The van der Waals surface area contributed by atoms with E-state index in [0.717, 1.165) is 40.1 Å². The molecule has 1 rings (SSSR count). The Morgan fingerprint density at radius 3 is 2.60 bits per heavy atom. The molecule has 0 atom stereocenters. The molecule has 0 fully saturated rings. The molecule has 5 nitrogen and oxygen atoms in total. The van der Waals surface area contributed by atoms with E-state index in [1.165, 1.54) is 6.92 Å². The Bertz CT molecular complexity index is 452. The van der Waals surface area contributed by atoms with Crippen LogP contribution in [-0.2, 0) is 11.3 Å². The topological polar surface area (TPSA) is 59.6 Å². The molecule has 1 aromatic carbocycles. The highest BCUT2D eigenvalue weighted by Crippen LogP contribution is 2.33. The molecule has 0 saturated heterocycles. The first-order valence-electron chi connectivity index (χ1n) is 6.44. The van der Waals surface area contributed by atoms with Crippen LogP contribution in [0.25, 0.3) is 0 Å². The monoisotopic (exact) mass is 392 g/mol. The first-order chi connectivity index (χ1) is 9.58. The van der Waals surface area contributed by atoms with Gasteiger partial charge in [-0.25, -0.2) is 0 Å². The molecule has 6 heteroatoms. The quantitative estimate of drug-likeness (QED) is 0.525. The van der Waals surface area contributed by atoms with E-state index in [2.05, 4.69) is 39.3 Å². The third-order valence-electron chi connectivity index (χ3n) is 2.73. The van der Waals surface area contributed by atoms with Crippen molar-refractivity contribution in [2.24, 2.45) is 0 Å². The largest absolute Gasteiger partial charge is 0.493 e. The first-order valence-corrected chi connectivity index (χ1v) is 7.52. The molecular weight excluding hydrogens is 371 g/mol. The molecule has 0 spiro atoms. The van der Waals surface area contributed by atoms with Gasteiger partial charge in [0.15, 0.2) is 11.5 Å². The van der Waals surface area contributed by atoms with Crippen molar-refractivity contribution < 1.29 is 14.3 Å². The van der Waals surface area contributed by atoms with E-state index in [9.17, 15) is 4.79 Å². The smallest absolute Gasteiger partial charge is 0.216 e. The molecule has 0 aromatic heterocycles. The van der Waals surface area contributed by atoms with Gasteiger partial charge in [0.2, 0.25) is 5.91 Å². The molecule has 0 aliphatic heterocycles. The molecule has 112 valence electrons. The van der Waals surface area contributed by atoms with E-state index in [0.29, 0.717) is 6.54 Å². The second-order valence-corrected chi connectivity index (χ2v) is 5.49. The number of amides is 1. The standard InChI is InChI=1S/C14H21IN2O3/c1-10(18)17-6-4-5-16-9-11-7-12(15)14(20-3)13(8-11)19-2/h7-8,16H,4-6,9H2,1-3H3,(H,17,18). The molecule has 0 radical (unpaired) electrons. The van der Waals surface area contributed by atoms with Gasteiger partial charge < -0.3 is 20.1 Å². The average molecular weight is 392 g/mol. The molecule has 0 aliphatic rings. The van der Waals surface area contributed by atoms with Crippen LogP contribution >= 0.6 is 22.6 Å². The summed E-state index contributed by atoms with van der Waals surface area (Å²) < 4.78 is 11.7. The van der Waals surface area contributed by atoms with Gasteiger partial charge in [-0.3, -0.25) is 4.79 Å². The van der Waals surface area contributed by atoms with Gasteiger partial charge in [0, 0.05) is 20.0 Å². The maximum absolute atomic E-state index is 10.7. The number of nitrogens with one attached hydrogen (secondary N) is 2. The van der Waals surface area contributed by atoms with Crippen LogP contribution < -0.4 is 20.1 Å². The number of benzene rings is 1. The van der Waals surface area contributed by atoms with Crippen molar-refractivity contribution in [1.82, 2.24) is 10.6 Å². The van der Waals surface area contributed by atoms with Gasteiger partial charge in [0.25, 0.3) is 0 Å². The van der Waals surface area contributed by atoms with Crippen LogP contribution in [0.15, 0.2) is 12.1 Å². The molecule has 2 N–H and O–H groups in total. The maximum Gasteiger partial charge on any atom is 0.216 e. The summed E-state index contributed by atoms with van der Waals surface area (Å²) in [4.78, 5) is 10.7. The fourth-order valence-corrected chi connectivity index (χ4v) is 2.67. The Balaban J connectivity index is 2.44. The van der Waals surface area contributed by atoms with Crippen LogP contribution in [0.4, 0.5) is 0 Å². The number of hydrogen-bond acceptors (Lipinski definition) is 4. The lowest BCUT2D eigenvalue weighted by molar-refractivity contribution is -0.118. The van der Waals surface area contributed by atoms with Gasteiger partial charge in [0.05, 0.1) is 17.8 Å². The Labute approximate surface area is 133 Å². The molecule has 0 unspecified atom stereocenters. The average Bonchev–Trinajstić information content (AvgIpc) is 2.41. The Morgan fingerprint density at radius 1 is 1.25 bits per heavy atom. The minimum atomic E-state index is 0.0134. The van der Waals surface area contributed by atoms with Crippen LogP contribution in [-0.4, -0.2) is 33.2 Å². The highest BCUT2D eigenvalue weighted by atomic mass is 127. The summed E-state index contributed by atoms with van der Waals surface area (Å²) in [6.07, 6.45) is 0.907. The van der Waals surface area contributed by atoms with Gasteiger partial charge in [0.1, 0.15) is 0 Å². The second-order valence-electron chi connectivity index (χ2n) is 4.33. The van der Waals surface area contributed by atoms with Crippen molar-refractivity contribution >= 4 is 28.5 Å². The molecular formula is C14H21IN2O3. The van der Waals surface area contributed by atoms with Crippen molar-refractivity contribution in [1.29, 1.82) is 0 Å². The van der Waals surface area contributed by atoms with Crippen molar-refractivity contribution in [3.63, 3.8) is 0 Å². The van der Waals surface area contributed by atoms with E-state index >= 15 is 0 Å². The summed E-state index contributed by atoms with van der Waals surface area (Å²) in [6, 6.07) is 4.05. The third kappa shape index (κ3) is 5.54. The normalized spacial score (nSPS) is 10.2. The van der Waals surface area contributed by atoms with Crippen molar-refractivity contribution in [3.8, 4) is 11.5 Å². The number of halogens is 1. The zero-order chi connectivity index (χ0) is 15.0. The number of carbonyl (C=O) groups is 1. The van der Waals surface area contributed by atoms with E-state index < -0.39 is 0 Å². The predicted molar refractivity (Wildman–Crippen MR) is 87.3 cm³/mol. The molecule has 20 heavy (non-hydrogen) atoms. The summed E-state index contributed by atoms with van der Waals surface area (Å²) in [7, 11) is 3.28. The number of rotatable bonds is 8. The number of hydrogen-bond donors (Lipinski definition) is 2. The molecule has 0 bridgehead atoms. The number of carbonyl (C=O) groups excluding carboxylic acids is 1. The van der Waals surface area contributed by atoms with Gasteiger partial charge in [-0.1, -0.05) is 0 Å². The van der Waals surface area contributed by atoms with Crippen LogP contribution in [0, 0.1) is 3.57 Å². The summed E-state index contributed by atoms with van der Waals surface area (Å²) in [5.74, 6) is 1.52. The number of methoxy groups -OCH3 is 2. The van der Waals surface area contributed by atoms with Gasteiger partial charge in [-0.05, 0) is 53.3 Å². The molecule has 1 aromatic rings. The van der Waals surface area contributed by atoms with Gasteiger partial charge in [-0.2, -0.15) is 0 Å². The van der Waals surface area contributed by atoms with Crippen LogP contribution in [0.1, 0.15) is 18.9 Å². The van der Waals surface area contributed by atoms with E-state index in [-0.39, 0.29) is 5.91 Å². The molecule has 1 amide bonds. The summed E-state index contributed by atoms with van der Waals surface area (Å²) in [5, 5.41) is 6.11. The second kappa shape index (κ2) is 9.02. The van der Waals surface area contributed by atoms with Gasteiger partial charge >= 0.3 is 0 Å². The zero-order valence-electron chi connectivity index (χ0n) is 12.1. The lowest BCUT2D eigenvalue weighted by Gasteiger charge is -2.12. The van der Waals surface area contributed by atoms with Crippen molar-refractivity contribution in [3.05, 3.63) is 21.3 Å². The van der Waals surface area contributed by atoms with E-state index in [4.69, 9.17) is 9.47 Å². The summed E-state index contributed by atoms with van der Waals surface area (Å²) in [6.45, 7) is 3.84. The Hall–Kier alpha value is -1.02. The molecule has 0 heterocycles. The van der Waals surface area contributed by atoms with Crippen molar-refractivity contribution in [2.45, 2.75) is 19.9 Å². The number of ether oxygens (including phenoxy) is 2. The fraction of sp³-hybridized carbons (Fsp3) is 0.500. The minimum Gasteiger partial charge on any atom is -0.493 e. The lowest BCUT2D eigenvalue weighted by atomic mass is 10.2. The highest BCUT2D eigenvalue weighted by molar-refractivity contribution is 14.1. The molecule has 0 aliphatic carbocycles. The van der Waals surface area contributed by atoms with Crippen LogP contribution in [0.2, 0.25) is 0 Å². The lowest BCUT2D eigenvalue weighted by Crippen LogP contribution is -2.25. The molecule has 0 saturated carbocycles. The Morgan fingerprint density at radius 2 is 2.00 bits per heavy atom. The predicted octanol–water partition coefficient (Wildman–Crippen LogP) is 1.92. The van der Waals surface area contributed by atoms with Crippen LogP contribution in [0.5, 0.6) is 11.5 Å². The van der Waals surface area contributed by atoms with Crippen molar-refractivity contribution in [2.75, 3.05) is 27.3 Å².